The van der Waals surface area contributed by atoms with E-state index in [0.717, 1.165) is 5.56 Å². The molecular formula is C16H18N2O3. The van der Waals surface area contributed by atoms with Crippen LogP contribution in [0.5, 0.6) is 11.5 Å². The largest absolute Gasteiger partial charge is 0.496 e. The van der Waals surface area contributed by atoms with E-state index in [-0.39, 0.29) is 5.91 Å². The first-order chi connectivity index (χ1) is 10.1. The van der Waals surface area contributed by atoms with Gasteiger partial charge in [-0.3, -0.25) is 4.79 Å². The second-order valence-corrected chi connectivity index (χ2v) is 4.53. The zero-order valence-electron chi connectivity index (χ0n) is 12.3. The van der Waals surface area contributed by atoms with Gasteiger partial charge in [-0.25, -0.2) is 0 Å². The molecule has 0 saturated heterocycles. The van der Waals surface area contributed by atoms with Gasteiger partial charge >= 0.3 is 0 Å². The molecule has 0 atom stereocenters. The van der Waals surface area contributed by atoms with Crippen LogP contribution >= 0.6 is 0 Å². The van der Waals surface area contributed by atoms with Crippen LogP contribution in [0.4, 0.5) is 11.4 Å². The number of hydrogen-bond acceptors (Lipinski definition) is 4. The van der Waals surface area contributed by atoms with Crippen LogP contribution in [-0.2, 0) is 0 Å². The van der Waals surface area contributed by atoms with E-state index < -0.39 is 0 Å². The Balaban J connectivity index is 2.41. The fourth-order valence-electron chi connectivity index (χ4n) is 2.11. The predicted octanol–water partition coefficient (Wildman–Crippen LogP) is 2.85. The van der Waals surface area contributed by atoms with Gasteiger partial charge in [0, 0.05) is 0 Å². The number of ether oxygens (including phenoxy) is 2. The number of rotatable bonds is 4. The first-order valence-corrected chi connectivity index (χ1v) is 6.46. The average Bonchev–Trinajstić information content (AvgIpc) is 2.49. The van der Waals surface area contributed by atoms with Crippen molar-refractivity contribution in [2.75, 3.05) is 25.3 Å². The summed E-state index contributed by atoms with van der Waals surface area (Å²) in [5.41, 5.74) is 8.24. The highest BCUT2D eigenvalue weighted by Gasteiger charge is 2.19. The first-order valence-electron chi connectivity index (χ1n) is 6.46. The quantitative estimate of drug-likeness (QED) is 0.848. The summed E-state index contributed by atoms with van der Waals surface area (Å²) in [6.07, 6.45) is 0. The normalized spacial score (nSPS) is 10.0. The molecule has 0 aliphatic rings. The molecule has 0 radical (unpaired) electrons. The van der Waals surface area contributed by atoms with E-state index in [2.05, 4.69) is 5.32 Å². The molecular weight excluding hydrogens is 268 g/mol. The number of carbonyl (C=O) groups excluding carboxylic acids is 1. The number of nitrogens with two attached hydrogens (primary N) is 1. The molecule has 0 unspecified atom stereocenters. The van der Waals surface area contributed by atoms with Crippen molar-refractivity contribution in [3.05, 3.63) is 47.5 Å². The lowest BCUT2D eigenvalue weighted by molar-refractivity contribution is 0.102. The number of carbonyl (C=O) groups is 1. The summed E-state index contributed by atoms with van der Waals surface area (Å²) in [4.78, 5) is 12.6. The minimum Gasteiger partial charge on any atom is -0.496 e. The number of anilines is 2. The summed E-state index contributed by atoms with van der Waals surface area (Å²) in [5.74, 6) is 0.559. The monoisotopic (exact) mass is 286 g/mol. The number of amides is 1. The lowest BCUT2D eigenvalue weighted by Crippen LogP contribution is -2.16. The number of methoxy groups -OCH3 is 2. The van der Waals surface area contributed by atoms with Crippen molar-refractivity contribution in [3.8, 4) is 11.5 Å². The summed E-state index contributed by atoms with van der Waals surface area (Å²) in [5, 5.41) is 2.82. The average molecular weight is 286 g/mol. The van der Waals surface area contributed by atoms with Gasteiger partial charge in [0.05, 0.1) is 25.6 Å². The molecule has 0 aliphatic carbocycles. The molecule has 0 spiro atoms. The van der Waals surface area contributed by atoms with Crippen molar-refractivity contribution >= 4 is 17.3 Å². The SMILES string of the molecule is COc1cccc(OC)c1C(=O)Nc1c(C)cccc1N. The van der Waals surface area contributed by atoms with Gasteiger partial charge in [0.25, 0.3) is 5.91 Å². The van der Waals surface area contributed by atoms with E-state index in [1.807, 2.05) is 19.1 Å². The van der Waals surface area contributed by atoms with E-state index in [4.69, 9.17) is 15.2 Å². The summed E-state index contributed by atoms with van der Waals surface area (Å²) in [7, 11) is 3.02. The highest BCUT2D eigenvalue weighted by Crippen LogP contribution is 2.30. The molecule has 2 rings (SSSR count). The van der Waals surface area contributed by atoms with Crippen molar-refractivity contribution in [2.45, 2.75) is 6.92 Å². The number of benzene rings is 2. The van der Waals surface area contributed by atoms with E-state index >= 15 is 0 Å². The number of hydrogen-bond donors (Lipinski definition) is 2. The second-order valence-electron chi connectivity index (χ2n) is 4.53. The lowest BCUT2D eigenvalue weighted by Gasteiger charge is -2.15. The molecule has 110 valence electrons. The van der Waals surface area contributed by atoms with Gasteiger partial charge in [0.2, 0.25) is 0 Å². The number of aryl methyl sites for hydroxylation is 1. The van der Waals surface area contributed by atoms with Crippen LogP contribution in [0.15, 0.2) is 36.4 Å². The van der Waals surface area contributed by atoms with Crippen molar-refractivity contribution in [1.29, 1.82) is 0 Å². The van der Waals surface area contributed by atoms with Crippen molar-refractivity contribution in [3.63, 3.8) is 0 Å². The van der Waals surface area contributed by atoms with Crippen LogP contribution < -0.4 is 20.5 Å². The van der Waals surface area contributed by atoms with Gasteiger partial charge in [0.1, 0.15) is 17.1 Å². The highest BCUT2D eigenvalue weighted by molar-refractivity contribution is 6.09. The summed E-state index contributed by atoms with van der Waals surface area (Å²) >= 11 is 0. The van der Waals surface area contributed by atoms with Crippen LogP contribution in [0.3, 0.4) is 0 Å². The molecule has 2 aromatic carbocycles. The van der Waals surface area contributed by atoms with Crippen LogP contribution in [0, 0.1) is 6.92 Å². The van der Waals surface area contributed by atoms with Crippen LogP contribution in [-0.4, -0.2) is 20.1 Å². The Kier molecular flexibility index (Phi) is 4.33. The van der Waals surface area contributed by atoms with Gasteiger partial charge < -0.3 is 20.5 Å². The molecule has 21 heavy (non-hydrogen) atoms. The van der Waals surface area contributed by atoms with Crippen LogP contribution in [0.2, 0.25) is 0 Å². The molecule has 3 N–H and O–H groups in total. The Hall–Kier alpha value is -2.69. The van der Waals surface area contributed by atoms with Gasteiger partial charge in [-0.15, -0.1) is 0 Å². The maximum absolute atomic E-state index is 12.6. The third kappa shape index (κ3) is 2.91. The molecule has 1 amide bonds. The maximum Gasteiger partial charge on any atom is 0.263 e. The van der Waals surface area contributed by atoms with E-state index in [0.29, 0.717) is 28.4 Å². The zero-order chi connectivity index (χ0) is 15.4. The molecule has 5 nitrogen and oxygen atoms in total. The predicted molar refractivity (Wildman–Crippen MR) is 83.1 cm³/mol. The molecule has 0 heterocycles. The van der Waals surface area contributed by atoms with Gasteiger partial charge in [-0.2, -0.15) is 0 Å². The number of para-hydroxylation sites is 1. The third-order valence-corrected chi connectivity index (χ3v) is 3.20. The van der Waals surface area contributed by atoms with Gasteiger partial charge in [0.15, 0.2) is 0 Å². The second kappa shape index (κ2) is 6.17. The van der Waals surface area contributed by atoms with Crippen LogP contribution in [0.25, 0.3) is 0 Å². The summed E-state index contributed by atoms with van der Waals surface area (Å²) in [6.45, 7) is 1.88. The topological polar surface area (TPSA) is 73.6 Å². The molecule has 0 fully saturated rings. The molecule has 0 aromatic heterocycles. The molecule has 0 saturated carbocycles. The Labute approximate surface area is 123 Å². The number of nitrogens with one attached hydrogen (secondary N) is 1. The first kappa shape index (κ1) is 14.7. The Bertz CT molecular complexity index is 626. The molecule has 5 heteroatoms. The van der Waals surface area contributed by atoms with E-state index in [1.165, 1.54) is 14.2 Å². The Morgan fingerprint density at radius 2 is 1.62 bits per heavy atom. The van der Waals surface area contributed by atoms with Crippen molar-refractivity contribution in [2.24, 2.45) is 0 Å². The van der Waals surface area contributed by atoms with Gasteiger partial charge in [-0.1, -0.05) is 18.2 Å². The van der Waals surface area contributed by atoms with Crippen molar-refractivity contribution < 1.29 is 14.3 Å². The fraction of sp³-hybridized carbons (Fsp3) is 0.188. The van der Waals surface area contributed by atoms with Crippen LogP contribution in [0.1, 0.15) is 15.9 Å². The molecule has 0 bridgehead atoms. The highest BCUT2D eigenvalue weighted by atomic mass is 16.5. The number of nitrogen functional groups attached to an aromatic ring is 1. The minimum atomic E-state index is -0.328. The van der Waals surface area contributed by atoms with E-state index in [9.17, 15) is 4.79 Å². The Morgan fingerprint density at radius 3 is 2.14 bits per heavy atom. The standard InChI is InChI=1S/C16H18N2O3/c1-10-6-4-7-11(17)15(10)18-16(19)14-12(20-2)8-5-9-13(14)21-3/h4-9H,17H2,1-3H3,(H,18,19). The maximum atomic E-state index is 12.6. The van der Waals surface area contributed by atoms with E-state index in [1.54, 1.807) is 24.3 Å². The van der Waals surface area contributed by atoms with Crippen molar-refractivity contribution in [1.82, 2.24) is 0 Å². The molecule has 2 aromatic rings. The fourth-order valence-corrected chi connectivity index (χ4v) is 2.11. The summed E-state index contributed by atoms with van der Waals surface area (Å²) in [6, 6.07) is 10.6. The third-order valence-electron chi connectivity index (χ3n) is 3.20. The lowest BCUT2D eigenvalue weighted by atomic mass is 10.1. The smallest absolute Gasteiger partial charge is 0.263 e. The zero-order valence-corrected chi connectivity index (χ0v) is 12.3. The minimum absolute atomic E-state index is 0.328. The summed E-state index contributed by atoms with van der Waals surface area (Å²) < 4.78 is 10.5. The Morgan fingerprint density at radius 1 is 1.05 bits per heavy atom. The molecule has 0 aliphatic heterocycles. The van der Waals surface area contributed by atoms with Gasteiger partial charge in [-0.05, 0) is 30.7 Å².